The van der Waals surface area contributed by atoms with Gasteiger partial charge in [-0.2, -0.15) is 0 Å². The van der Waals surface area contributed by atoms with Crippen LogP contribution in [0.15, 0.2) is 48.8 Å². The van der Waals surface area contributed by atoms with Gasteiger partial charge in [-0.1, -0.05) is 23.8 Å². The van der Waals surface area contributed by atoms with Gasteiger partial charge in [0.25, 0.3) is 5.91 Å². The van der Waals surface area contributed by atoms with Crippen molar-refractivity contribution in [3.05, 3.63) is 71.1 Å². The third-order valence-corrected chi connectivity index (χ3v) is 3.89. The molecule has 3 rings (SSSR count). The summed E-state index contributed by atoms with van der Waals surface area (Å²) in [4.78, 5) is 23.7. The molecule has 0 aliphatic carbocycles. The molecule has 3 aromatic rings. The highest BCUT2D eigenvalue weighted by Crippen LogP contribution is 2.18. The van der Waals surface area contributed by atoms with E-state index < -0.39 is 0 Å². The molecular formula is C20H20N4O. The van der Waals surface area contributed by atoms with Crippen LogP contribution in [0.3, 0.4) is 0 Å². The molecule has 0 aliphatic heterocycles. The molecular weight excluding hydrogens is 312 g/mol. The molecule has 0 spiro atoms. The molecule has 5 nitrogen and oxygen atoms in total. The van der Waals surface area contributed by atoms with Crippen molar-refractivity contribution < 1.29 is 4.79 Å². The summed E-state index contributed by atoms with van der Waals surface area (Å²) in [5, 5.41) is 2.73. The van der Waals surface area contributed by atoms with Crippen molar-refractivity contribution in [3.8, 4) is 11.4 Å². The van der Waals surface area contributed by atoms with Crippen LogP contribution in [0.5, 0.6) is 0 Å². The van der Waals surface area contributed by atoms with Crippen molar-refractivity contribution >= 4 is 17.9 Å². The standard InChI is InChI=1S/C20H20N4O/c1-13-10-14(2)16(15(3)11-13)7-8-19(25)24-20-22-12-18(23-20)17-6-4-5-9-21-17/h4-12H,1-3H3,(H2,22,23,24,25)/b8-7+. The van der Waals surface area contributed by atoms with Crippen LogP contribution in [0.2, 0.25) is 0 Å². The largest absolute Gasteiger partial charge is 0.330 e. The van der Waals surface area contributed by atoms with Crippen molar-refractivity contribution in [1.82, 2.24) is 15.0 Å². The van der Waals surface area contributed by atoms with Crippen LogP contribution < -0.4 is 5.32 Å². The number of carbonyl (C=O) groups is 1. The van der Waals surface area contributed by atoms with E-state index in [0.717, 1.165) is 22.4 Å². The van der Waals surface area contributed by atoms with Crippen molar-refractivity contribution in [2.45, 2.75) is 20.8 Å². The number of rotatable bonds is 4. The quantitative estimate of drug-likeness (QED) is 0.708. The average Bonchev–Trinajstić information content (AvgIpc) is 3.03. The lowest BCUT2D eigenvalue weighted by Crippen LogP contribution is -2.09. The zero-order chi connectivity index (χ0) is 17.8. The van der Waals surface area contributed by atoms with Crippen LogP contribution in [0, 0.1) is 20.8 Å². The van der Waals surface area contributed by atoms with E-state index in [-0.39, 0.29) is 5.91 Å². The molecule has 1 aromatic carbocycles. The van der Waals surface area contributed by atoms with E-state index in [1.165, 1.54) is 11.6 Å². The summed E-state index contributed by atoms with van der Waals surface area (Å²) < 4.78 is 0. The van der Waals surface area contributed by atoms with E-state index >= 15 is 0 Å². The number of anilines is 1. The number of pyridine rings is 1. The molecule has 0 radical (unpaired) electrons. The number of nitrogens with one attached hydrogen (secondary N) is 2. The van der Waals surface area contributed by atoms with Crippen molar-refractivity contribution in [2.24, 2.45) is 0 Å². The Labute approximate surface area is 146 Å². The maximum Gasteiger partial charge on any atom is 0.250 e. The number of hydrogen-bond donors (Lipinski definition) is 2. The van der Waals surface area contributed by atoms with Crippen LogP contribution in [-0.2, 0) is 4.79 Å². The first-order chi connectivity index (χ1) is 12.0. The van der Waals surface area contributed by atoms with Gasteiger partial charge in [-0.25, -0.2) is 4.98 Å². The maximum absolute atomic E-state index is 12.1. The second kappa shape index (κ2) is 7.13. The minimum atomic E-state index is -0.235. The van der Waals surface area contributed by atoms with E-state index in [0.29, 0.717) is 11.6 Å². The average molecular weight is 332 g/mol. The molecule has 126 valence electrons. The van der Waals surface area contributed by atoms with Crippen LogP contribution in [0.25, 0.3) is 17.5 Å². The molecule has 0 unspecified atom stereocenters. The number of hydrogen-bond acceptors (Lipinski definition) is 3. The van der Waals surface area contributed by atoms with Gasteiger partial charge in [-0.3, -0.25) is 15.1 Å². The first-order valence-electron chi connectivity index (χ1n) is 8.06. The van der Waals surface area contributed by atoms with E-state index in [4.69, 9.17) is 0 Å². The molecule has 5 heteroatoms. The molecule has 0 fully saturated rings. The first kappa shape index (κ1) is 16.6. The highest BCUT2D eigenvalue weighted by molar-refractivity contribution is 6.01. The van der Waals surface area contributed by atoms with Gasteiger partial charge in [0, 0.05) is 18.5 Å². The monoisotopic (exact) mass is 332 g/mol. The molecule has 2 aromatic heterocycles. The van der Waals surface area contributed by atoms with E-state index in [9.17, 15) is 4.79 Å². The van der Waals surface area contributed by atoms with Crippen LogP contribution >= 0.6 is 0 Å². The van der Waals surface area contributed by atoms with Gasteiger partial charge in [-0.15, -0.1) is 0 Å². The fourth-order valence-corrected chi connectivity index (χ4v) is 2.80. The lowest BCUT2D eigenvalue weighted by molar-refractivity contribution is -0.111. The Morgan fingerprint density at radius 3 is 2.56 bits per heavy atom. The molecule has 0 saturated heterocycles. The number of aromatic nitrogens is 3. The lowest BCUT2D eigenvalue weighted by Gasteiger charge is -2.06. The molecule has 0 saturated carbocycles. The Kier molecular flexibility index (Phi) is 4.75. The predicted octanol–water partition coefficient (Wildman–Crippen LogP) is 4.05. The van der Waals surface area contributed by atoms with Crippen molar-refractivity contribution in [2.75, 3.05) is 5.32 Å². The first-order valence-corrected chi connectivity index (χ1v) is 8.06. The topological polar surface area (TPSA) is 70.7 Å². The number of aryl methyl sites for hydroxylation is 3. The Morgan fingerprint density at radius 2 is 1.88 bits per heavy atom. The summed E-state index contributed by atoms with van der Waals surface area (Å²) in [6.07, 6.45) is 6.78. The molecule has 2 N–H and O–H groups in total. The number of H-pyrrole nitrogens is 1. The fourth-order valence-electron chi connectivity index (χ4n) is 2.80. The third kappa shape index (κ3) is 4.01. The SMILES string of the molecule is Cc1cc(C)c(/C=C/C(=O)Nc2nc(-c3ccccn3)c[nH]2)c(C)c1. The molecule has 2 heterocycles. The van der Waals surface area contributed by atoms with Crippen LogP contribution in [0.1, 0.15) is 22.3 Å². The van der Waals surface area contributed by atoms with Crippen LogP contribution in [0.4, 0.5) is 5.95 Å². The molecule has 0 aliphatic rings. The minimum absolute atomic E-state index is 0.235. The van der Waals surface area contributed by atoms with Gasteiger partial charge in [-0.05, 0) is 55.7 Å². The Hall–Kier alpha value is -3.21. The van der Waals surface area contributed by atoms with Gasteiger partial charge in [0.15, 0.2) is 0 Å². The predicted molar refractivity (Wildman–Crippen MR) is 100 cm³/mol. The van der Waals surface area contributed by atoms with E-state index in [1.807, 2.05) is 38.1 Å². The van der Waals surface area contributed by atoms with Gasteiger partial charge < -0.3 is 4.98 Å². The number of imidazole rings is 1. The maximum atomic E-state index is 12.1. The van der Waals surface area contributed by atoms with Gasteiger partial charge in [0.2, 0.25) is 5.95 Å². The summed E-state index contributed by atoms with van der Waals surface area (Å²) in [5.74, 6) is 0.161. The number of carbonyl (C=O) groups excluding carboxylic acids is 1. The number of benzene rings is 1. The zero-order valence-corrected chi connectivity index (χ0v) is 14.5. The summed E-state index contributed by atoms with van der Waals surface area (Å²) in [6, 6.07) is 9.82. The van der Waals surface area contributed by atoms with Gasteiger partial charge in [0.1, 0.15) is 5.69 Å². The van der Waals surface area contributed by atoms with E-state index in [1.54, 1.807) is 12.4 Å². The highest BCUT2D eigenvalue weighted by Gasteiger charge is 2.07. The van der Waals surface area contributed by atoms with E-state index in [2.05, 4.69) is 39.3 Å². The summed E-state index contributed by atoms with van der Waals surface area (Å²) in [7, 11) is 0. The summed E-state index contributed by atoms with van der Waals surface area (Å²) in [6.45, 7) is 6.16. The smallest absolute Gasteiger partial charge is 0.250 e. The third-order valence-electron chi connectivity index (χ3n) is 3.89. The highest BCUT2D eigenvalue weighted by atomic mass is 16.1. The van der Waals surface area contributed by atoms with Gasteiger partial charge in [0.05, 0.1) is 5.69 Å². The Morgan fingerprint density at radius 1 is 1.12 bits per heavy atom. The number of amides is 1. The molecule has 0 atom stereocenters. The number of nitrogens with zero attached hydrogens (tertiary/aromatic N) is 2. The van der Waals surface area contributed by atoms with Crippen LogP contribution in [-0.4, -0.2) is 20.9 Å². The van der Waals surface area contributed by atoms with Crippen molar-refractivity contribution in [1.29, 1.82) is 0 Å². The lowest BCUT2D eigenvalue weighted by atomic mass is 9.99. The number of aromatic amines is 1. The molecule has 0 bridgehead atoms. The fraction of sp³-hybridized carbons (Fsp3) is 0.150. The molecule has 25 heavy (non-hydrogen) atoms. The molecule has 1 amide bonds. The Balaban J connectivity index is 1.70. The normalized spacial score (nSPS) is 11.0. The summed E-state index contributed by atoms with van der Waals surface area (Å²) >= 11 is 0. The van der Waals surface area contributed by atoms with Crippen molar-refractivity contribution in [3.63, 3.8) is 0 Å². The second-order valence-electron chi connectivity index (χ2n) is 5.98. The minimum Gasteiger partial charge on any atom is -0.330 e. The second-order valence-corrected chi connectivity index (χ2v) is 5.98. The zero-order valence-electron chi connectivity index (χ0n) is 14.5. The Bertz CT molecular complexity index is 903. The van der Waals surface area contributed by atoms with Gasteiger partial charge >= 0.3 is 0 Å². The summed E-state index contributed by atoms with van der Waals surface area (Å²) in [5.41, 5.74) is 6.02.